The van der Waals surface area contributed by atoms with E-state index >= 15 is 0 Å². The summed E-state index contributed by atoms with van der Waals surface area (Å²) in [6, 6.07) is 9.87. The number of nitrogens with one attached hydrogen (secondary N) is 2. The van der Waals surface area contributed by atoms with E-state index in [1.54, 1.807) is 41.1 Å². The minimum Gasteiger partial charge on any atom is -0.447 e. The second-order valence-corrected chi connectivity index (χ2v) is 9.54. The first-order valence-electron chi connectivity index (χ1n) is 12.6. The number of imidazole rings is 1. The smallest absolute Gasteiger partial charge is 0.411 e. The van der Waals surface area contributed by atoms with Gasteiger partial charge < -0.3 is 14.5 Å². The number of benzene rings is 1. The predicted octanol–water partition coefficient (Wildman–Crippen LogP) is 3.06. The van der Waals surface area contributed by atoms with Crippen LogP contribution in [-0.2, 0) is 15.9 Å². The average molecular weight is 575 g/mol. The maximum absolute atomic E-state index is 13.4. The molecule has 0 saturated heterocycles. The summed E-state index contributed by atoms with van der Waals surface area (Å²) in [6.45, 7) is 0.462. The summed E-state index contributed by atoms with van der Waals surface area (Å²) >= 11 is 6.28. The van der Waals surface area contributed by atoms with Gasteiger partial charge >= 0.3 is 6.09 Å². The number of nitrogens with zero attached hydrogens (tertiary/aromatic N) is 8. The molecule has 1 aliphatic rings. The number of fused-ring (bicyclic) bond motifs is 1. The number of amides is 1. The molecule has 41 heavy (non-hydrogen) atoms. The van der Waals surface area contributed by atoms with Crippen molar-refractivity contribution < 1.29 is 14.3 Å². The van der Waals surface area contributed by atoms with E-state index in [1.165, 1.54) is 30.4 Å². The van der Waals surface area contributed by atoms with Crippen LogP contribution in [-0.4, -0.2) is 71.1 Å². The highest BCUT2D eigenvalue weighted by Gasteiger charge is 2.29. The van der Waals surface area contributed by atoms with Crippen LogP contribution in [0.15, 0.2) is 59.9 Å². The number of anilines is 1. The summed E-state index contributed by atoms with van der Waals surface area (Å²) in [5.41, 5.74) is 3.34. The number of hydrogen-bond donors (Lipinski definition) is 2. The van der Waals surface area contributed by atoms with Crippen LogP contribution in [0.1, 0.15) is 24.1 Å². The molecular weight excluding hydrogens is 552 g/mol. The van der Waals surface area contributed by atoms with Gasteiger partial charge in [-0.15, -0.1) is 5.10 Å². The van der Waals surface area contributed by atoms with E-state index in [0.717, 1.165) is 0 Å². The lowest BCUT2D eigenvalue weighted by atomic mass is 10.1. The first-order valence-corrected chi connectivity index (χ1v) is 13.0. The molecule has 4 aromatic heterocycles. The van der Waals surface area contributed by atoms with Gasteiger partial charge in [-0.2, -0.15) is 4.68 Å². The fourth-order valence-electron chi connectivity index (χ4n) is 4.66. The van der Waals surface area contributed by atoms with Gasteiger partial charge in [-0.1, -0.05) is 11.6 Å². The minimum absolute atomic E-state index is 0.150. The molecule has 1 atom stereocenters. The molecule has 208 valence electrons. The lowest BCUT2D eigenvalue weighted by molar-refractivity contribution is 0.107. The molecule has 14 nitrogen and oxygen atoms in total. The van der Waals surface area contributed by atoms with Gasteiger partial charge in [0.05, 0.1) is 53.5 Å². The molecule has 0 radical (unpaired) electrons. The molecule has 1 amide bonds. The van der Waals surface area contributed by atoms with Crippen molar-refractivity contribution in [2.24, 2.45) is 0 Å². The monoisotopic (exact) mass is 574 g/mol. The topological polar surface area (TPSA) is 168 Å². The molecular formula is C26H23ClN10O4. The number of carbonyl (C=O) groups excluding carboxylic acids is 1. The molecule has 1 aliphatic heterocycles. The Kier molecular flexibility index (Phi) is 7.22. The molecule has 5 heterocycles. The number of rotatable bonds is 8. The molecule has 0 unspecified atom stereocenters. The number of aryl methyl sites for hydroxylation is 1. The lowest BCUT2D eigenvalue weighted by Crippen LogP contribution is -2.25. The number of hydrogen-bond acceptors (Lipinski definition) is 10. The van der Waals surface area contributed by atoms with Gasteiger partial charge in [-0.05, 0) is 47.2 Å². The van der Waals surface area contributed by atoms with Crippen molar-refractivity contribution in [3.8, 4) is 28.3 Å². The van der Waals surface area contributed by atoms with Gasteiger partial charge in [-0.3, -0.25) is 19.7 Å². The number of aromatic amines is 1. The number of tetrazole rings is 1. The minimum atomic E-state index is -0.593. The summed E-state index contributed by atoms with van der Waals surface area (Å²) < 4.78 is 13.0. The van der Waals surface area contributed by atoms with Crippen molar-refractivity contribution >= 4 is 23.4 Å². The highest BCUT2D eigenvalue weighted by molar-refractivity contribution is 6.31. The van der Waals surface area contributed by atoms with Crippen LogP contribution in [0.2, 0.25) is 5.02 Å². The highest BCUT2D eigenvalue weighted by Crippen LogP contribution is 2.32. The van der Waals surface area contributed by atoms with E-state index in [9.17, 15) is 9.59 Å². The number of methoxy groups -OCH3 is 1. The second-order valence-electron chi connectivity index (χ2n) is 9.10. The van der Waals surface area contributed by atoms with E-state index in [1.807, 2.05) is 0 Å². The van der Waals surface area contributed by atoms with E-state index in [2.05, 4.69) is 35.8 Å². The van der Waals surface area contributed by atoms with Crippen LogP contribution >= 0.6 is 11.6 Å². The Bertz CT molecular complexity index is 1750. The Morgan fingerprint density at radius 2 is 2.05 bits per heavy atom. The third-order valence-electron chi connectivity index (χ3n) is 6.53. The fraction of sp³-hybridized carbons (Fsp3) is 0.231. The van der Waals surface area contributed by atoms with E-state index in [-0.39, 0.29) is 18.2 Å². The number of carbonyl (C=O) groups is 1. The molecule has 0 saturated carbocycles. The molecule has 5 aromatic rings. The van der Waals surface area contributed by atoms with Crippen LogP contribution in [0.4, 0.5) is 10.5 Å². The molecule has 0 fully saturated rings. The highest BCUT2D eigenvalue weighted by atomic mass is 35.5. The largest absolute Gasteiger partial charge is 0.447 e. The van der Waals surface area contributed by atoms with Crippen molar-refractivity contribution in [1.82, 2.24) is 44.7 Å². The lowest BCUT2D eigenvalue weighted by Gasteiger charge is -2.14. The Balaban J connectivity index is 1.22. The third kappa shape index (κ3) is 5.42. The predicted molar refractivity (Wildman–Crippen MR) is 147 cm³/mol. The zero-order valence-corrected chi connectivity index (χ0v) is 22.4. The molecule has 0 aliphatic carbocycles. The summed E-state index contributed by atoms with van der Waals surface area (Å²) in [7, 11) is 1.53. The van der Waals surface area contributed by atoms with Crippen LogP contribution in [0.3, 0.4) is 0 Å². The second kappa shape index (κ2) is 11.3. The maximum atomic E-state index is 13.4. The molecule has 0 spiro atoms. The van der Waals surface area contributed by atoms with Crippen molar-refractivity contribution in [2.75, 3.05) is 25.6 Å². The van der Waals surface area contributed by atoms with Crippen LogP contribution in [0, 0.1) is 0 Å². The first-order chi connectivity index (χ1) is 20.0. The summed E-state index contributed by atoms with van der Waals surface area (Å²) in [6.07, 6.45) is 5.30. The van der Waals surface area contributed by atoms with Gasteiger partial charge in [0.2, 0.25) is 0 Å². The fourth-order valence-corrected chi connectivity index (χ4v) is 4.83. The summed E-state index contributed by atoms with van der Waals surface area (Å²) in [4.78, 5) is 42.3. The molecule has 0 bridgehead atoms. The van der Waals surface area contributed by atoms with Crippen LogP contribution < -0.4 is 10.9 Å². The Morgan fingerprint density at radius 1 is 1.15 bits per heavy atom. The first kappa shape index (κ1) is 26.3. The Hall–Kier alpha value is -4.95. The molecule has 1 aromatic carbocycles. The van der Waals surface area contributed by atoms with E-state index in [0.29, 0.717) is 70.1 Å². The van der Waals surface area contributed by atoms with Crippen molar-refractivity contribution in [1.29, 1.82) is 0 Å². The number of aromatic nitrogens is 9. The maximum Gasteiger partial charge on any atom is 0.411 e. The van der Waals surface area contributed by atoms with Crippen molar-refractivity contribution in [3.05, 3.63) is 82.1 Å². The number of H-pyrrole nitrogens is 1. The zero-order chi connectivity index (χ0) is 28.3. The van der Waals surface area contributed by atoms with Gasteiger partial charge in [0.1, 0.15) is 24.6 Å². The van der Waals surface area contributed by atoms with E-state index < -0.39 is 6.09 Å². The Labute approximate surface area is 237 Å². The van der Waals surface area contributed by atoms with Crippen molar-refractivity contribution in [3.63, 3.8) is 0 Å². The number of pyridine rings is 1. The average Bonchev–Trinajstić information content (AvgIpc) is 3.75. The van der Waals surface area contributed by atoms with Crippen molar-refractivity contribution in [2.45, 2.75) is 18.9 Å². The van der Waals surface area contributed by atoms with E-state index in [4.69, 9.17) is 26.1 Å². The SMILES string of the molecule is COCCOC(=O)Nc1ccc(-c2cnc([C@@H]3CCc4nc(-c5cc(Cl)ccc5-n5cnnn5)cc(=O)n43)[nH]2)nc1. The van der Waals surface area contributed by atoms with Gasteiger partial charge in [0, 0.05) is 30.2 Å². The summed E-state index contributed by atoms with van der Waals surface area (Å²) in [5.74, 6) is 1.27. The zero-order valence-electron chi connectivity index (χ0n) is 21.7. The standard InChI is InChI=1S/C26H23ClN10O4/c1-40-8-9-41-26(39)31-16-3-4-18(28-12-16)20-13-29-25(33-20)22-6-7-23-32-19(11-24(38)37(22)23)17-10-15(27)2-5-21(17)36-14-30-34-35-36/h2-5,10-14,22H,6-9H2,1H3,(H,29,33)(H,31,39)/t22-/m0/s1. The molecule has 6 rings (SSSR count). The normalized spacial score (nSPS) is 14.1. The van der Waals surface area contributed by atoms with Crippen LogP contribution in [0.25, 0.3) is 28.3 Å². The van der Waals surface area contributed by atoms with Gasteiger partial charge in [0.25, 0.3) is 5.56 Å². The van der Waals surface area contributed by atoms with Gasteiger partial charge in [-0.25, -0.2) is 14.8 Å². The van der Waals surface area contributed by atoms with Gasteiger partial charge in [0.15, 0.2) is 0 Å². The molecule has 15 heteroatoms. The quantitative estimate of drug-likeness (QED) is 0.263. The Morgan fingerprint density at radius 3 is 2.83 bits per heavy atom. The number of ether oxygens (including phenoxy) is 2. The number of halogens is 1. The summed E-state index contributed by atoms with van der Waals surface area (Å²) in [5, 5.41) is 14.5. The molecule has 2 N–H and O–H groups in total. The van der Waals surface area contributed by atoms with Crippen LogP contribution in [0.5, 0.6) is 0 Å². The third-order valence-corrected chi connectivity index (χ3v) is 6.76.